The fourth-order valence-electron chi connectivity index (χ4n) is 3.22. The minimum atomic E-state index is 0.172. The van der Waals surface area contributed by atoms with Crippen molar-refractivity contribution in [1.82, 2.24) is 0 Å². The summed E-state index contributed by atoms with van der Waals surface area (Å²) in [6.07, 6.45) is 3.51. The summed E-state index contributed by atoms with van der Waals surface area (Å²) in [7, 11) is 0. The van der Waals surface area contributed by atoms with Crippen LogP contribution in [-0.4, -0.2) is 5.78 Å². The van der Waals surface area contributed by atoms with Crippen molar-refractivity contribution in [3.8, 4) is 0 Å². The first kappa shape index (κ1) is 12.8. The van der Waals surface area contributed by atoms with Crippen LogP contribution in [0.15, 0.2) is 42.5 Å². The van der Waals surface area contributed by atoms with E-state index in [2.05, 4.69) is 31.2 Å². The van der Waals surface area contributed by atoms with Gasteiger partial charge < -0.3 is 0 Å². The van der Waals surface area contributed by atoms with Crippen molar-refractivity contribution >= 4 is 27.9 Å². The summed E-state index contributed by atoms with van der Waals surface area (Å²) < 4.78 is 0. The predicted molar refractivity (Wildman–Crippen MR) is 88.5 cm³/mol. The lowest BCUT2D eigenvalue weighted by atomic mass is 9.97. The Hall–Kier alpha value is -1.93. The maximum atomic E-state index is 12.9. The van der Waals surface area contributed by atoms with E-state index >= 15 is 0 Å². The third-order valence-electron chi connectivity index (χ3n) is 4.36. The third kappa shape index (κ3) is 2.02. The van der Waals surface area contributed by atoms with Gasteiger partial charge in [0.1, 0.15) is 0 Å². The Kier molecular flexibility index (Phi) is 2.93. The lowest BCUT2D eigenvalue weighted by Gasteiger charge is -2.07. The van der Waals surface area contributed by atoms with Crippen LogP contribution in [0, 0.1) is 6.92 Å². The second-order valence-electron chi connectivity index (χ2n) is 5.72. The number of ketones is 1. The molecule has 0 amide bonds. The van der Waals surface area contributed by atoms with Gasteiger partial charge in [-0.3, -0.25) is 4.79 Å². The zero-order valence-electron chi connectivity index (χ0n) is 12.0. The first-order valence-corrected chi connectivity index (χ1v) is 8.20. The fourth-order valence-corrected chi connectivity index (χ4v) is 4.43. The highest BCUT2D eigenvalue weighted by Gasteiger charge is 2.20. The normalized spacial score (nSPS) is 13.6. The van der Waals surface area contributed by atoms with Gasteiger partial charge in [0.15, 0.2) is 0 Å². The molecular formula is C19H16OS. The van der Waals surface area contributed by atoms with Gasteiger partial charge in [-0.2, -0.15) is 0 Å². The highest BCUT2D eigenvalue weighted by atomic mass is 32.1. The molecule has 1 aliphatic rings. The van der Waals surface area contributed by atoms with Crippen LogP contribution in [0.5, 0.6) is 0 Å². The van der Waals surface area contributed by atoms with Gasteiger partial charge in [0.05, 0.1) is 4.88 Å². The molecule has 0 aliphatic heterocycles. The molecule has 0 saturated carbocycles. The van der Waals surface area contributed by atoms with E-state index in [9.17, 15) is 4.79 Å². The number of hydrogen-bond donors (Lipinski definition) is 0. The Morgan fingerprint density at radius 2 is 1.86 bits per heavy atom. The van der Waals surface area contributed by atoms with Crippen LogP contribution in [0.1, 0.15) is 37.7 Å². The number of thiophene rings is 1. The maximum absolute atomic E-state index is 12.9. The minimum absolute atomic E-state index is 0.172. The van der Waals surface area contributed by atoms with Crippen LogP contribution in [-0.2, 0) is 12.8 Å². The van der Waals surface area contributed by atoms with Gasteiger partial charge in [-0.25, -0.2) is 0 Å². The summed E-state index contributed by atoms with van der Waals surface area (Å²) in [5.74, 6) is 0.172. The monoisotopic (exact) mass is 292 g/mol. The molecule has 1 aromatic heterocycles. The molecule has 1 nitrogen and oxygen atoms in total. The largest absolute Gasteiger partial charge is 0.288 e. The van der Waals surface area contributed by atoms with E-state index in [1.165, 1.54) is 27.8 Å². The van der Waals surface area contributed by atoms with Crippen LogP contribution < -0.4 is 0 Å². The van der Waals surface area contributed by atoms with E-state index in [1.54, 1.807) is 11.3 Å². The van der Waals surface area contributed by atoms with E-state index in [4.69, 9.17) is 0 Å². The Bertz CT molecular complexity index is 836. The summed E-state index contributed by atoms with van der Waals surface area (Å²) in [6.45, 7) is 2.09. The number of carbonyl (C=O) groups excluding carboxylic acids is 1. The van der Waals surface area contributed by atoms with E-state index in [0.29, 0.717) is 0 Å². The molecule has 0 spiro atoms. The summed E-state index contributed by atoms with van der Waals surface area (Å²) in [6, 6.07) is 14.3. The molecule has 1 heterocycles. The number of hydrogen-bond acceptors (Lipinski definition) is 2. The first-order valence-electron chi connectivity index (χ1n) is 7.38. The maximum Gasteiger partial charge on any atom is 0.203 e. The van der Waals surface area contributed by atoms with Crippen LogP contribution in [0.2, 0.25) is 0 Å². The van der Waals surface area contributed by atoms with Gasteiger partial charge in [0.25, 0.3) is 0 Å². The first-order chi connectivity index (χ1) is 10.2. The third-order valence-corrected chi connectivity index (χ3v) is 5.59. The van der Waals surface area contributed by atoms with Gasteiger partial charge >= 0.3 is 0 Å². The summed E-state index contributed by atoms with van der Waals surface area (Å²) >= 11 is 1.69. The molecule has 0 bridgehead atoms. The smallest absolute Gasteiger partial charge is 0.203 e. The summed E-state index contributed by atoms with van der Waals surface area (Å²) in [5.41, 5.74) is 3.44. The molecule has 1 aliphatic carbocycles. The zero-order valence-corrected chi connectivity index (χ0v) is 12.8. The number of carbonyl (C=O) groups is 1. The minimum Gasteiger partial charge on any atom is -0.288 e. The van der Waals surface area contributed by atoms with Crippen molar-refractivity contribution in [2.24, 2.45) is 0 Å². The van der Waals surface area contributed by atoms with E-state index < -0.39 is 0 Å². The van der Waals surface area contributed by atoms with Gasteiger partial charge in [-0.05, 0) is 54.2 Å². The standard InChI is InChI=1S/C19H16OS/c1-12-9-10-16(15-7-3-2-6-14(12)15)19(20)18-11-13-5-4-8-17(13)21-18/h2-3,6-7,9-11H,4-5,8H2,1H3. The molecule has 3 aromatic rings. The van der Waals surface area contributed by atoms with Crippen molar-refractivity contribution in [3.63, 3.8) is 0 Å². The van der Waals surface area contributed by atoms with Crippen molar-refractivity contribution in [1.29, 1.82) is 0 Å². The van der Waals surface area contributed by atoms with Crippen molar-refractivity contribution < 1.29 is 4.79 Å². The summed E-state index contributed by atoms with van der Waals surface area (Å²) in [4.78, 5) is 15.2. The van der Waals surface area contributed by atoms with Crippen LogP contribution >= 0.6 is 11.3 Å². The molecule has 0 fully saturated rings. The van der Waals surface area contributed by atoms with Crippen molar-refractivity contribution in [2.45, 2.75) is 26.2 Å². The molecule has 2 aromatic carbocycles. The van der Waals surface area contributed by atoms with Crippen molar-refractivity contribution in [2.75, 3.05) is 0 Å². The highest BCUT2D eigenvalue weighted by molar-refractivity contribution is 7.14. The number of benzene rings is 2. The predicted octanol–water partition coefficient (Wildman–Crippen LogP) is 4.93. The van der Waals surface area contributed by atoms with Crippen LogP contribution in [0.3, 0.4) is 0 Å². The van der Waals surface area contributed by atoms with E-state index in [0.717, 1.165) is 28.7 Å². The molecule has 0 atom stereocenters. The number of aryl methyl sites for hydroxylation is 3. The molecule has 0 radical (unpaired) electrons. The summed E-state index contributed by atoms with van der Waals surface area (Å²) in [5, 5.41) is 2.24. The topological polar surface area (TPSA) is 17.1 Å². The van der Waals surface area contributed by atoms with Crippen LogP contribution in [0.25, 0.3) is 10.8 Å². The molecule has 4 rings (SSSR count). The molecule has 2 heteroatoms. The molecule has 0 N–H and O–H groups in total. The van der Waals surface area contributed by atoms with Crippen LogP contribution in [0.4, 0.5) is 0 Å². The Morgan fingerprint density at radius 3 is 2.67 bits per heavy atom. The Balaban J connectivity index is 1.86. The van der Waals surface area contributed by atoms with Gasteiger partial charge in [0, 0.05) is 10.4 Å². The Labute approximate surface area is 128 Å². The average Bonchev–Trinajstić information content (AvgIpc) is 3.08. The number of rotatable bonds is 2. The van der Waals surface area contributed by atoms with E-state index in [1.807, 2.05) is 18.2 Å². The molecule has 21 heavy (non-hydrogen) atoms. The lowest BCUT2D eigenvalue weighted by Crippen LogP contribution is -2.00. The quantitative estimate of drug-likeness (QED) is 0.612. The molecule has 104 valence electrons. The van der Waals surface area contributed by atoms with Gasteiger partial charge in [-0.1, -0.05) is 36.4 Å². The second-order valence-corrected chi connectivity index (χ2v) is 6.85. The van der Waals surface area contributed by atoms with Gasteiger partial charge in [-0.15, -0.1) is 11.3 Å². The number of fused-ring (bicyclic) bond motifs is 2. The lowest BCUT2D eigenvalue weighted by molar-refractivity contribution is 0.104. The molecular weight excluding hydrogens is 276 g/mol. The average molecular weight is 292 g/mol. The second kappa shape index (κ2) is 4.81. The molecule has 0 unspecified atom stereocenters. The SMILES string of the molecule is Cc1ccc(C(=O)c2cc3c(s2)CCC3)c2ccccc12. The fraction of sp³-hybridized carbons (Fsp3) is 0.211. The Morgan fingerprint density at radius 1 is 1.05 bits per heavy atom. The highest BCUT2D eigenvalue weighted by Crippen LogP contribution is 2.33. The molecule has 0 saturated heterocycles. The van der Waals surface area contributed by atoms with Gasteiger partial charge in [0.2, 0.25) is 5.78 Å². The van der Waals surface area contributed by atoms with Crippen molar-refractivity contribution in [3.05, 3.63) is 68.9 Å². The zero-order chi connectivity index (χ0) is 14.4. The van der Waals surface area contributed by atoms with E-state index in [-0.39, 0.29) is 5.78 Å².